The van der Waals surface area contributed by atoms with E-state index in [0.717, 1.165) is 130 Å². The van der Waals surface area contributed by atoms with Crippen LogP contribution >= 0.6 is 94.1 Å². The predicted molar refractivity (Wildman–Crippen MR) is 546 cm³/mol. The summed E-state index contributed by atoms with van der Waals surface area (Å²) < 4.78 is 61.3. The minimum absolute atomic E-state index is 0.233. The maximum absolute atomic E-state index is 7.66. The van der Waals surface area contributed by atoms with Crippen LogP contribution < -0.4 is 37.9 Å². The Kier molecular flexibility index (Phi) is 34.1. The number of rotatable bonds is 48. The van der Waals surface area contributed by atoms with Crippen molar-refractivity contribution in [2.75, 3.05) is 52.9 Å². The van der Waals surface area contributed by atoms with E-state index in [0.29, 0.717) is 217 Å². The zero-order chi connectivity index (χ0) is 93.3. The van der Waals surface area contributed by atoms with Crippen LogP contribution in [0.2, 0.25) is 0 Å². The summed E-state index contributed by atoms with van der Waals surface area (Å²) in [6, 6.07) is 32.3. The molecule has 0 amide bonds. The third-order valence-corrected chi connectivity index (χ3v) is 31.1. The van der Waals surface area contributed by atoms with E-state index >= 15 is 0 Å². The van der Waals surface area contributed by atoms with Gasteiger partial charge in [0.15, 0.2) is 23.3 Å². The van der Waals surface area contributed by atoms with Crippen molar-refractivity contribution >= 4 is 138 Å². The molecular weight excluding hydrogens is 1860 g/mol. The second-order valence-electron chi connectivity index (χ2n) is 31.8. The van der Waals surface area contributed by atoms with Gasteiger partial charge in [-0.2, -0.15) is 0 Å². The van der Waals surface area contributed by atoms with Crippen LogP contribution in [0.25, 0.3) is 89.7 Å². The lowest BCUT2D eigenvalue weighted by atomic mass is 10.0. The van der Waals surface area contributed by atoms with Crippen LogP contribution in [0, 0.1) is 0 Å². The molecule has 0 aliphatic carbocycles. The van der Waals surface area contributed by atoms with Gasteiger partial charge in [0.05, 0.1) is 136 Å². The summed E-state index contributed by atoms with van der Waals surface area (Å²) in [4.78, 5) is 94.6. The number of H-pyrrole nitrogens is 2. The Bertz CT molecular complexity index is 5970. The molecule has 2 aliphatic rings. The average Bonchev–Trinajstić information content (AvgIpc) is 1.55. The van der Waals surface area contributed by atoms with E-state index < -0.39 is 0 Å². The molecule has 13 heterocycles. The summed E-state index contributed by atoms with van der Waals surface area (Å²) in [5.41, 5.74) is 3.38. The second kappa shape index (κ2) is 48.1. The molecule has 11 aromatic heterocycles. The molecule has 8 bridgehead atoms. The number of hydrogen-bond acceptors (Lipinski definition) is 30. The molecule has 0 spiro atoms. The molecule has 24 nitrogen and oxygen atoms in total. The summed E-state index contributed by atoms with van der Waals surface area (Å²) >= 11 is 12.5. The first kappa shape index (κ1) is 96.3. The average molecular weight is 1960 g/mol. The smallest absolute Gasteiger partial charge is 0.168 e. The Labute approximate surface area is 826 Å². The fourth-order valence-electron chi connectivity index (χ4n) is 15.0. The maximum atomic E-state index is 7.66. The van der Waals surface area contributed by atoms with E-state index in [-0.39, 0.29) is 23.3 Å². The highest BCUT2D eigenvalue weighted by molar-refractivity contribution is 8.04. The van der Waals surface area contributed by atoms with Crippen molar-refractivity contribution in [3.8, 4) is 91.5 Å². The SMILES string of the molecule is CCCCOc1c(Sc2ccncc2)c(Sc2ccncc2)c(OCCCC)c2c1-c1nc-2nc2[nH]c(nc3nc(nc4[nH]c(n1)c1c(OCCCC)c(Sc5ccncc5)c(Sc5ccncc5)c(OCCCC)c41)-c1c(OCCCC)c(Sc4ccncc4)c(Sc4ccncc4)c(OCCCC)c1-3)c1c(OCCCC)c(Sc3ccncc3)c(Sc3ccncc3)c(OCCCC)c21. The van der Waals surface area contributed by atoms with Crippen molar-refractivity contribution in [3.05, 3.63) is 196 Å². The van der Waals surface area contributed by atoms with Crippen LogP contribution in [-0.2, 0) is 0 Å². The van der Waals surface area contributed by atoms with Crippen molar-refractivity contribution < 1.29 is 37.9 Å². The number of ether oxygens (including phenoxy) is 8. The van der Waals surface area contributed by atoms with Crippen LogP contribution in [0.5, 0.6) is 46.0 Å². The van der Waals surface area contributed by atoms with Crippen LogP contribution in [0.1, 0.15) is 158 Å². The third-order valence-electron chi connectivity index (χ3n) is 21.8. The molecule has 15 aromatic rings. The van der Waals surface area contributed by atoms with Crippen molar-refractivity contribution in [3.63, 3.8) is 0 Å². The number of aromatic amines is 2. The molecule has 0 radical (unpaired) electrons. The molecule has 2 aliphatic heterocycles. The van der Waals surface area contributed by atoms with Crippen LogP contribution in [0.15, 0.2) is 275 Å². The van der Waals surface area contributed by atoms with Gasteiger partial charge in [-0.3, -0.25) is 39.9 Å². The minimum Gasteiger partial charge on any atom is -0.492 e. The number of pyridine rings is 8. The lowest BCUT2D eigenvalue weighted by Crippen LogP contribution is -2.06. The van der Waals surface area contributed by atoms with Crippen molar-refractivity contribution in [1.82, 2.24) is 79.7 Å². The van der Waals surface area contributed by atoms with Gasteiger partial charge in [-0.05, 0) is 148 Å². The Hall–Kier alpha value is -11.4. The minimum atomic E-state index is 0.233. The highest BCUT2D eigenvalue weighted by Gasteiger charge is 2.41. The standard InChI is InChI=1S/C104H106N16O8S8/c1-9-17-57-121-81-73-74(82(122-58-18-10-2)90(130-66-27-43-106-44-28-66)89(81)129-65-25-41-105-42-26-65)98-113-97(73)117-99-75-76(84(124-60-20-12-4)92(132-68-31-47-108-48-32-68)91(83(75)123-59-19-11-3)131-67-29-45-107-46-30-67)101(114-99)119-103-79-80(88(128-64-24-16-8)96(136-72-39-55-112-56-40-72)95(87(79)127-63-23-15-7)135-71-37-53-111-54-38-71)104(116-103)120-102-78-77(100(115-102)118-98)85(125-61-21-13-5)93(133-69-33-49-109-50-34-69)94(86(78)126-62-22-14-6)134-70-35-51-110-52-36-70/h25-56H,9-24,57-64H2,1-8H3,(H2,113,114,115,116,117,118,119,120). The largest absolute Gasteiger partial charge is 0.492 e. The lowest BCUT2D eigenvalue weighted by molar-refractivity contribution is 0.290. The molecule has 0 fully saturated rings. The Morgan fingerprint density at radius 1 is 0.191 bits per heavy atom. The first-order chi connectivity index (χ1) is 67.2. The summed E-state index contributed by atoms with van der Waals surface area (Å²) in [6.07, 6.45) is 41.2. The van der Waals surface area contributed by atoms with Gasteiger partial charge in [0.25, 0.3) is 0 Å². The molecule has 32 heteroatoms. The molecule has 136 heavy (non-hydrogen) atoms. The zero-order valence-electron chi connectivity index (χ0n) is 77.2. The topological polar surface area (TPSA) is 286 Å². The highest BCUT2D eigenvalue weighted by atomic mass is 32.2. The fraction of sp³-hybridized carbons (Fsp3) is 0.308. The van der Waals surface area contributed by atoms with Gasteiger partial charge in [-0.15, -0.1) is 0 Å². The zero-order valence-corrected chi connectivity index (χ0v) is 83.8. The summed E-state index contributed by atoms with van der Waals surface area (Å²) in [7, 11) is 0. The van der Waals surface area contributed by atoms with Gasteiger partial charge in [0.1, 0.15) is 68.6 Å². The van der Waals surface area contributed by atoms with Crippen LogP contribution in [-0.4, -0.2) is 133 Å². The number of benzene rings is 4. The predicted octanol–water partition coefficient (Wildman–Crippen LogP) is 28.7. The van der Waals surface area contributed by atoms with Gasteiger partial charge >= 0.3 is 0 Å². The van der Waals surface area contributed by atoms with E-state index in [1.54, 1.807) is 94.1 Å². The van der Waals surface area contributed by atoms with E-state index in [1.807, 2.05) is 196 Å². The Morgan fingerprint density at radius 2 is 0.331 bits per heavy atom. The monoisotopic (exact) mass is 1960 g/mol. The maximum Gasteiger partial charge on any atom is 0.168 e. The molecule has 2 N–H and O–H groups in total. The van der Waals surface area contributed by atoms with Crippen molar-refractivity contribution in [2.24, 2.45) is 0 Å². The summed E-state index contributed by atoms with van der Waals surface area (Å²) in [5.74, 6) is 5.05. The number of aromatic nitrogens is 16. The first-order valence-corrected chi connectivity index (χ1v) is 53.2. The lowest BCUT2D eigenvalue weighted by Gasteiger charge is -2.23. The molecule has 0 atom stereocenters. The Balaban J connectivity index is 1.18. The molecule has 0 saturated carbocycles. The summed E-state index contributed by atoms with van der Waals surface area (Å²) in [5, 5.41) is 2.21. The van der Waals surface area contributed by atoms with Crippen molar-refractivity contribution in [2.45, 2.75) is 236 Å². The van der Waals surface area contributed by atoms with E-state index in [9.17, 15) is 0 Å². The molecule has 4 aromatic carbocycles. The molecule has 698 valence electrons. The third kappa shape index (κ3) is 22.4. The Morgan fingerprint density at radius 3 is 0.478 bits per heavy atom. The van der Waals surface area contributed by atoms with Gasteiger partial charge in [-0.25, -0.2) is 29.9 Å². The molecular formula is C104H106N16O8S8. The van der Waals surface area contributed by atoms with E-state index in [2.05, 4.69) is 105 Å². The number of nitrogens with zero attached hydrogens (tertiary/aromatic N) is 14. The van der Waals surface area contributed by atoms with Gasteiger partial charge in [0, 0.05) is 138 Å². The second-order valence-corrected chi connectivity index (χ2v) is 40.4. The number of fused-ring (bicyclic) bond motifs is 20. The van der Waals surface area contributed by atoms with Gasteiger partial charge in [-0.1, -0.05) is 201 Å². The van der Waals surface area contributed by atoms with Crippen molar-refractivity contribution in [1.29, 1.82) is 0 Å². The van der Waals surface area contributed by atoms with Crippen LogP contribution in [0.4, 0.5) is 0 Å². The van der Waals surface area contributed by atoms with Gasteiger partial charge < -0.3 is 47.9 Å². The summed E-state index contributed by atoms with van der Waals surface area (Å²) in [6.45, 7) is 19.8. The van der Waals surface area contributed by atoms with Crippen LogP contribution in [0.3, 0.4) is 0 Å². The molecule has 0 saturated heterocycles. The number of nitrogens with one attached hydrogen (secondary N) is 2. The molecule has 17 rings (SSSR count). The fourth-order valence-corrected chi connectivity index (χ4v) is 23.4. The number of unbranched alkanes of at least 4 members (excludes halogenated alkanes) is 8. The first-order valence-electron chi connectivity index (χ1n) is 46.6. The normalized spacial score (nSPS) is 11.6. The number of hydrogen-bond donors (Lipinski definition) is 2. The van der Waals surface area contributed by atoms with E-state index in [4.69, 9.17) is 67.8 Å². The highest BCUT2D eigenvalue weighted by Crippen LogP contribution is 2.64. The quantitative estimate of drug-likeness (QED) is 0.0335. The van der Waals surface area contributed by atoms with Gasteiger partial charge in [0.2, 0.25) is 0 Å². The molecule has 0 unspecified atom stereocenters. The van der Waals surface area contributed by atoms with E-state index in [1.165, 1.54) is 0 Å².